The molecule has 3 aliphatic carbocycles. The predicted molar refractivity (Wildman–Crippen MR) is 194 cm³/mol. The first-order chi connectivity index (χ1) is 25.6. The van der Waals surface area contributed by atoms with E-state index in [-0.39, 0.29) is 34.6 Å². The molecule has 9 nitrogen and oxygen atoms in total. The minimum Gasteiger partial charge on any atom is -0.497 e. The van der Waals surface area contributed by atoms with Crippen molar-refractivity contribution in [2.45, 2.75) is 50.5 Å². The Morgan fingerprint density at radius 3 is 1.85 bits per heavy atom. The summed E-state index contributed by atoms with van der Waals surface area (Å²) in [7, 11) is 6.18. The third-order valence-electron chi connectivity index (χ3n) is 9.08. The Balaban J connectivity index is 0.000000137. The highest BCUT2D eigenvalue weighted by atomic mass is 19.1. The summed E-state index contributed by atoms with van der Waals surface area (Å²) >= 11 is 0. The fraction of sp³-hybridized carbons (Fsp3) is 0.341. The van der Waals surface area contributed by atoms with E-state index in [9.17, 15) is 27.9 Å². The normalized spacial score (nSPS) is 14.9. The van der Waals surface area contributed by atoms with Crippen molar-refractivity contribution in [2.24, 2.45) is 11.8 Å². The number of rotatable bonds is 10. The zero-order valence-electron chi connectivity index (χ0n) is 30.0. The number of hydrogen-bond donors (Lipinski definition) is 2. The highest BCUT2D eigenvalue weighted by Crippen LogP contribution is 2.43. The number of fused-ring (bicyclic) bond motifs is 1. The van der Waals surface area contributed by atoms with Crippen molar-refractivity contribution in [3.05, 3.63) is 113 Å². The number of carbonyl (C=O) groups is 2. The molecule has 0 bridgehead atoms. The molecule has 1 unspecified atom stereocenters. The van der Waals surface area contributed by atoms with E-state index >= 15 is 0 Å². The molecule has 5 aromatic rings. The van der Waals surface area contributed by atoms with Gasteiger partial charge in [-0.05, 0) is 117 Å². The monoisotopic (exact) mass is 732 g/mol. The Hall–Kier alpha value is -5.36. The van der Waals surface area contributed by atoms with Gasteiger partial charge in [-0.25, -0.2) is 13.2 Å². The van der Waals surface area contributed by atoms with Crippen molar-refractivity contribution in [1.29, 1.82) is 0 Å². The van der Waals surface area contributed by atoms with Gasteiger partial charge in [0.15, 0.2) is 12.1 Å². The summed E-state index contributed by atoms with van der Waals surface area (Å²) in [5.41, 5.74) is 2.84. The van der Waals surface area contributed by atoms with Gasteiger partial charge in [0.25, 0.3) is 0 Å². The molecule has 1 heterocycles. The summed E-state index contributed by atoms with van der Waals surface area (Å²) in [6, 6.07) is 18.7. The number of aromatic nitrogens is 2. The van der Waals surface area contributed by atoms with Gasteiger partial charge in [-0.1, -0.05) is 0 Å². The molecule has 1 aromatic heterocycles. The standard InChI is InChI=1S/C11H13FO2.C11H11FO2.C11H12N2O.C8H7FO2/c2*1-14-8-4-5-10(12)9(6-8)11(13)7-2-3-7;1-14-8-4-5-10-9(6-8)11(13-12-10)7-2-3-7;1-11-7-2-3-8(9)6(4-7)5-10/h4-7,11,13H,2-3H2,1H3;4-7H,2-3H2,1H3;4-7H,2-3H2,1H3,(H,12,13);2-5H,1H3. The maximum absolute atomic E-state index is 13.3. The third kappa shape index (κ3) is 10.4. The van der Waals surface area contributed by atoms with Crippen LogP contribution in [0.1, 0.15) is 82.5 Å². The lowest BCUT2D eigenvalue weighted by Gasteiger charge is -2.11. The number of nitrogens with zero attached hydrogens (tertiary/aromatic N) is 1. The largest absolute Gasteiger partial charge is 0.497 e. The molecule has 4 aromatic carbocycles. The maximum atomic E-state index is 13.3. The molecule has 53 heavy (non-hydrogen) atoms. The Bertz CT molecular complexity index is 2020. The maximum Gasteiger partial charge on any atom is 0.169 e. The van der Waals surface area contributed by atoms with Crippen LogP contribution in [0.15, 0.2) is 72.8 Å². The van der Waals surface area contributed by atoms with E-state index in [2.05, 4.69) is 16.3 Å². The van der Waals surface area contributed by atoms with Crippen LogP contribution in [0.2, 0.25) is 0 Å². The number of ketones is 1. The number of aromatic amines is 1. The van der Waals surface area contributed by atoms with Crippen LogP contribution < -0.4 is 18.9 Å². The number of aliphatic hydroxyl groups is 1. The van der Waals surface area contributed by atoms with Gasteiger partial charge in [-0.3, -0.25) is 14.7 Å². The average molecular weight is 733 g/mol. The SMILES string of the molecule is COc1ccc(F)c(C(=O)C2CC2)c1.COc1ccc(F)c(C(O)C2CC2)c1.COc1ccc(F)c(C=O)c1.COc1ccc2n[nH]c(C3CC3)c2c1. The highest BCUT2D eigenvalue weighted by molar-refractivity contribution is 5.99. The lowest BCUT2D eigenvalue weighted by molar-refractivity contribution is 0.0963. The van der Waals surface area contributed by atoms with Crippen LogP contribution >= 0.6 is 0 Å². The molecule has 1 atom stereocenters. The van der Waals surface area contributed by atoms with Crippen LogP contribution in [0.4, 0.5) is 13.2 Å². The van der Waals surface area contributed by atoms with Crippen LogP contribution in [-0.2, 0) is 0 Å². The van der Waals surface area contributed by atoms with Crippen LogP contribution in [0, 0.1) is 29.3 Å². The van der Waals surface area contributed by atoms with Gasteiger partial charge >= 0.3 is 0 Å². The number of benzene rings is 4. The van der Waals surface area contributed by atoms with Crippen LogP contribution in [-0.4, -0.2) is 55.8 Å². The summed E-state index contributed by atoms with van der Waals surface area (Å²) in [5.74, 6) is 2.03. The molecule has 3 saturated carbocycles. The van der Waals surface area contributed by atoms with E-state index in [1.807, 2.05) is 12.1 Å². The smallest absolute Gasteiger partial charge is 0.169 e. The number of ether oxygens (including phenoxy) is 4. The van der Waals surface area contributed by atoms with Crippen molar-refractivity contribution in [3.8, 4) is 23.0 Å². The van der Waals surface area contributed by atoms with Crippen molar-refractivity contribution < 1.29 is 46.8 Å². The van der Waals surface area contributed by atoms with Crippen LogP contribution in [0.3, 0.4) is 0 Å². The minimum absolute atomic E-state index is 0.0179. The van der Waals surface area contributed by atoms with Crippen molar-refractivity contribution in [3.63, 3.8) is 0 Å². The van der Waals surface area contributed by atoms with Gasteiger partial charge in [0.2, 0.25) is 0 Å². The molecule has 0 amide bonds. The van der Waals surface area contributed by atoms with Gasteiger partial charge in [-0.2, -0.15) is 5.10 Å². The first-order valence-electron chi connectivity index (χ1n) is 17.3. The molecule has 2 N–H and O–H groups in total. The summed E-state index contributed by atoms with van der Waals surface area (Å²) in [5, 5.41) is 18.4. The summed E-state index contributed by atoms with van der Waals surface area (Å²) in [4.78, 5) is 21.8. The Labute approximate surface area is 306 Å². The second-order valence-corrected chi connectivity index (χ2v) is 13.0. The zero-order chi connectivity index (χ0) is 38.1. The second-order valence-electron chi connectivity index (χ2n) is 13.0. The van der Waals surface area contributed by atoms with Gasteiger partial charge in [0.05, 0.1) is 51.2 Å². The molecular formula is C41H43F3N2O7. The minimum atomic E-state index is -0.676. The number of nitrogens with one attached hydrogen (secondary N) is 1. The van der Waals surface area contributed by atoms with E-state index in [1.54, 1.807) is 19.2 Å². The third-order valence-corrected chi connectivity index (χ3v) is 9.08. The number of Topliss-reactive ketones (excluding diaryl/α,β-unsaturated/α-hetero) is 1. The zero-order valence-corrected chi connectivity index (χ0v) is 30.0. The molecule has 3 aliphatic rings. The topological polar surface area (TPSA) is 120 Å². The van der Waals surface area contributed by atoms with E-state index in [1.165, 1.54) is 87.7 Å². The number of H-pyrrole nitrogens is 1. The van der Waals surface area contributed by atoms with Crippen molar-refractivity contribution >= 4 is 23.0 Å². The molecule has 0 spiro atoms. The summed E-state index contributed by atoms with van der Waals surface area (Å²) < 4.78 is 59.1. The fourth-order valence-electron chi connectivity index (χ4n) is 5.49. The first kappa shape index (κ1) is 38.9. The van der Waals surface area contributed by atoms with E-state index in [0.29, 0.717) is 35.0 Å². The Morgan fingerprint density at radius 1 is 0.736 bits per heavy atom. The van der Waals surface area contributed by atoms with Crippen molar-refractivity contribution in [1.82, 2.24) is 10.2 Å². The molecule has 0 aliphatic heterocycles. The first-order valence-corrected chi connectivity index (χ1v) is 17.3. The highest BCUT2D eigenvalue weighted by Gasteiger charge is 2.33. The molecular weight excluding hydrogens is 689 g/mol. The molecule has 0 saturated heterocycles. The van der Waals surface area contributed by atoms with Crippen molar-refractivity contribution in [2.75, 3.05) is 28.4 Å². The van der Waals surface area contributed by atoms with Crippen LogP contribution in [0.25, 0.3) is 10.9 Å². The summed E-state index contributed by atoms with van der Waals surface area (Å²) in [6.07, 6.45) is 6.09. The van der Waals surface area contributed by atoms with Gasteiger partial charge in [0, 0.05) is 28.5 Å². The molecule has 0 radical (unpaired) electrons. The number of methoxy groups -OCH3 is 4. The molecule has 12 heteroatoms. The molecule has 3 fully saturated rings. The van der Waals surface area contributed by atoms with Gasteiger partial charge in [0.1, 0.15) is 40.4 Å². The number of carbonyl (C=O) groups excluding carboxylic acids is 2. The van der Waals surface area contributed by atoms with E-state index < -0.39 is 17.7 Å². The molecule has 8 rings (SSSR count). The van der Waals surface area contributed by atoms with E-state index in [4.69, 9.17) is 18.9 Å². The Morgan fingerprint density at radius 2 is 1.28 bits per heavy atom. The quantitative estimate of drug-likeness (QED) is 0.108. The second kappa shape index (κ2) is 17.9. The lowest BCUT2D eigenvalue weighted by Crippen LogP contribution is -2.04. The number of halogens is 3. The fourth-order valence-corrected chi connectivity index (χ4v) is 5.49. The van der Waals surface area contributed by atoms with Gasteiger partial charge in [-0.15, -0.1) is 0 Å². The number of hydrogen-bond acceptors (Lipinski definition) is 8. The number of aliphatic hydroxyl groups excluding tert-OH is 1. The average Bonchev–Trinajstić information content (AvgIpc) is 4.04. The van der Waals surface area contributed by atoms with E-state index in [0.717, 1.165) is 36.9 Å². The summed E-state index contributed by atoms with van der Waals surface area (Å²) in [6.45, 7) is 0. The Kier molecular flexibility index (Phi) is 13.1. The molecule has 280 valence electrons. The predicted octanol–water partition coefficient (Wildman–Crippen LogP) is 8.80. The van der Waals surface area contributed by atoms with Crippen LogP contribution in [0.5, 0.6) is 23.0 Å². The number of aldehydes is 1. The van der Waals surface area contributed by atoms with Gasteiger partial charge < -0.3 is 24.1 Å². The lowest BCUT2D eigenvalue weighted by atomic mass is 10.0.